The summed E-state index contributed by atoms with van der Waals surface area (Å²) in [7, 11) is -3.91. The van der Waals surface area contributed by atoms with Gasteiger partial charge >= 0.3 is 0 Å². The molecule has 1 amide bonds. The van der Waals surface area contributed by atoms with E-state index in [1.165, 1.54) is 0 Å². The maximum atomic E-state index is 12.4. The molecular formula is C11H14N4O5S. The van der Waals surface area contributed by atoms with Crippen molar-refractivity contribution in [3.05, 3.63) is 28.3 Å². The van der Waals surface area contributed by atoms with E-state index in [4.69, 9.17) is 5.73 Å². The number of hydrogen-bond acceptors (Lipinski definition) is 6. The van der Waals surface area contributed by atoms with Gasteiger partial charge in [-0.05, 0) is 18.6 Å². The highest BCUT2D eigenvalue weighted by atomic mass is 32.2. The Morgan fingerprint density at radius 1 is 1.38 bits per heavy atom. The molecule has 0 aromatic heterocycles. The summed E-state index contributed by atoms with van der Waals surface area (Å²) in [6.07, 6.45) is 0.493. The Hall–Kier alpha value is -2.20. The minimum absolute atomic E-state index is 0.166. The Kier molecular flexibility index (Phi) is 4.09. The molecule has 0 aliphatic carbocycles. The van der Waals surface area contributed by atoms with E-state index in [2.05, 4.69) is 5.32 Å². The minimum Gasteiger partial charge on any atom is -0.393 e. The fourth-order valence-electron chi connectivity index (χ4n) is 1.99. The number of hydrogen-bond donors (Lipinski definition) is 2. The summed E-state index contributed by atoms with van der Waals surface area (Å²) >= 11 is 0. The van der Waals surface area contributed by atoms with Gasteiger partial charge in [0.2, 0.25) is 15.9 Å². The maximum absolute atomic E-state index is 12.4. The van der Waals surface area contributed by atoms with Gasteiger partial charge in [0.1, 0.15) is 5.69 Å². The number of nitrogens with two attached hydrogens (primary N) is 1. The average Bonchev–Trinajstić information content (AvgIpc) is 2.63. The summed E-state index contributed by atoms with van der Waals surface area (Å²) in [5.74, 6) is -0.383. The molecule has 0 unspecified atom stereocenters. The van der Waals surface area contributed by atoms with Crippen LogP contribution in [-0.4, -0.2) is 43.2 Å². The van der Waals surface area contributed by atoms with E-state index in [9.17, 15) is 23.3 Å². The van der Waals surface area contributed by atoms with Crippen molar-refractivity contribution in [1.82, 2.24) is 9.62 Å². The smallest absolute Gasteiger partial charge is 0.292 e. The lowest BCUT2D eigenvalue weighted by Gasteiger charge is -2.18. The lowest BCUT2D eigenvalue weighted by molar-refractivity contribution is -0.383. The van der Waals surface area contributed by atoms with Crippen LogP contribution in [0.25, 0.3) is 0 Å². The Morgan fingerprint density at radius 3 is 2.71 bits per heavy atom. The maximum Gasteiger partial charge on any atom is 0.292 e. The third-order valence-corrected chi connectivity index (χ3v) is 4.90. The Morgan fingerprint density at radius 2 is 2.10 bits per heavy atom. The molecule has 0 bridgehead atoms. The van der Waals surface area contributed by atoms with E-state index in [0.717, 1.165) is 22.5 Å². The molecule has 0 saturated carbocycles. The number of anilines is 1. The summed E-state index contributed by atoms with van der Waals surface area (Å²) in [5, 5.41) is 13.3. The van der Waals surface area contributed by atoms with E-state index in [1.54, 1.807) is 0 Å². The van der Waals surface area contributed by atoms with E-state index < -0.39 is 14.9 Å². The third-order valence-electron chi connectivity index (χ3n) is 3.06. The van der Waals surface area contributed by atoms with Crippen LogP contribution in [0.2, 0.25) is 0 Å². The summed E-state index contributed by atoms with van der Waals surface area (Å²) in [6.45, 7) is 0.324. The molecule has 1 aromatic carbocycles. The van der Waals surface area contributed by atoms with Crippen LogP contribution in [0.5, 0.6) is 0 Å². The summed E-state index contributed by atoms with van der Waals surface area (Å²) in [5.41, 5.74) is 4.91. The zero-order valence-corrected chi connectivity index (χ0v) is 11.8. The molecule has 21 heavy (non-hydrogen) atoms. The number of benzene rings is 1. The first kappa shape index (κ1) is 15.2. The van der Waals surface area contributed by atoms with E-state index >= 15 is 0 Å². The van der Waals surface area contributed by atoms with Crippen LogP contribution in [-0.2, 0) is 14.8 Å². The zero-order valence-electron chi connectivity index (χ0n) is 11.0. The van der Waals surface area contributed by atoms with Crippen LogP contribution in [0.1, 0.15) is 6.42 Å². The summed E-state index contributed by atoms with van der Waals surface area (Å²) in [4.78, 5) is 21.3. The number of nitro benzene ring substituents is 1. The fraction of sp³-hybridized carbons (Fsp3) is 0.364. The first-order chi connectivity index (χ1) is 9.82. The number of sulfonamides is 1. The second-order valence-electron chi connectivity index (χ2n) is 4.52. The van der Waals surface area contributed by atoms with Crippen molar-refractivity contribution in [2.45, 2.75) is 11.3 Å². The van der Waals surface area contributed by atoms with Gasteiger partial charge in [0.25, 0.3) is 5.69 Å². The van der Waals surface area contributed by atoms with Gasteiger partial charge in [-0.3, -0.25) is 14.9 Å². The molecule has 1 heterocycles. The highest BCUT2D eigenvalue weighted by molar-refractivity contribution is 7.89. The lowest BCUT2D eigenvalue weighted by Crippen LogP contribution is -2.37. The topological polar surface area (TPSA) is 136 Å². The highest BCUT2D eigenvalue weighted by Gasteiger charge is 2.29. The van der Waals surface area contributed by atoms with Gasteiger partial charge in [-0.25, -0.2) is 8.42 Å². The summed E-state index contributed by atoms with van der Waals surface area (Å²) in [6, 6.07) is 3.20. The Labute approximate surface area is 120 Å². The highest BCUT2D eigenvalue weighted by Crippen LogP contribution is 2.26. The van der Waals surface area contributed by atoms with Crippen molar-refractivity contribution in [2.75, 3.05) is 25.4 Å². The first-order valence-corrected chi connectivity index (χ1v) is 7.57. The van der Waals surface area contributed by atoms with Gasteiger partial charge in [0.15, 0.2) is 0 Å². The molecular weight excluding hydrogens is 300 g/mol. The van der Waals surface area contributed by atoms with Crippen LogP contribution in [0.4, 0.5) is 11.4 Å². The van der Waals surface area contributed by atoms with Crippen LogP contribution in [0, 0.1) is 10.1 Å². The van der Waals surface area contributed by atoms with E-state index in [-0.39, 0.29) is 35.3 Å². The Balaban J connectivity index is 2.37. The predicted octanol–water partition coefficient (Wildman–Crippen LogP) is -0.312. The van der Waals surface area contributed by atoms with Crippen molar-refractivity contribution in [2.24, 2.45) is 0 Å². The molecule has 0 spiro atoms. The number of nitrogen functional groups attached to an aromatic ring is 1. The van der Waals surface area contributed by atoms with Gasteiger partial charge in [0, 0.05) is 19.2 Å². The van der Waals surface area contributed by atoms with Crippen LogP contribution in [0.3, 0.4) is 0 Å². The van der Waals surface area contributed by atoms with Gasteiger partial charge in [0.05, 0.1) is 16.4 Å². The van der Waals surface area contributed by atoms with Crippen molar-refractivity contribution in [3.8, 4) is 0 Å². The minimum atomic E-state index is -3.91. The van der Waals surface area contributed by atoms with Gasteiger partial charge < -0.3 is 11.1 Å². The molecule has 1 aliphatic rings. The monoisotopic (exact) mass is 314 g/mol. The van der Waals surface area contributed by atoms with Gasteiger partial charge in [-0.2, -0.15) is 4.31 Å². The number of nitro groups is 1. The molecule has 2 rings (SSSR count). The molecule has 9 nitrogen and oxygen atoms in total. The predicted molar refractivity (Wildman–Crippen MR) is 73.9 cm³/mol. The molecule has 1 aliphatic heterocycles. The van der Waals surface area contributed by atoms with Crippen LogP contribution >= 0.6 is 0 Å². The van der Waals surface area contributed by atoms with Crippen molar-refractivity contribution < 1.29 is 18.1 Å². The number of rotatable bonds is 3. The lowest BCUT2D eigenvalue weighted by atomic mass is 10.3. The normalized spacial score (nSPS) is 17.0. The summed E-state index contributed by atoms with van der Waals surface area (Å²) < 4.78 is 25.9. The molecule has 3 N–H and O–H groups in total. The Bertz CT molecular complexity index is 688. The van der Waals surface area contributed by atoms with Crippen molar-refractivity contribution in [1.29, 1.82) is 0 Å². The van der Waals surface area contributed by atoms with Crippen LogP contribution in [0.15, 0.2) is 23.1 Å². The molecule has 1 aromatic rings. The first-order valence-electron chi connectivity index (χ1n) is 6.13. The molecule has 1 saturated heterocycles. The third kappa shape index (κ3) is 3.11. The quantitative estimate of drug-likeness (QED) is 0.446. The second kappa shape index (κ2) is 5.66. The van der Waals surface area contributed by atoms with E-state index in [0.29, 0.717) is 13.0 Å². The van der Waals surface area contributed by atoms with Crippen molar-refractivity contribution in [3.63, 3.8) is 0 Å². The second-order valence-corrected chi connectivity index (χ2v) is 6.46. The SMILES string of the molecule is Nc1cc(S(=O)(=O)N2CCCNC(=O)C2)ccc1[N+](=O)[O-]. The van der Waals surface area contributed by atoms with E-state index in [1.807, 2.05) is 0 Å². The number of nitrogens with zero attached hydrogens (tertiary/aromatic N) is 2. The average molecular weight is 314 g/mol. The number of carbonyl (C=O) groups excluding carboxylic acids is 1. The standard InChI is InChI=1S/C11H14N4O5S/c12-9-6-8(2-3-10(9)15(17)18)21(19,20)14-5-1-4-13-11(16)7-14/h2-3,6H,1,4-5,7,12H2,(H,13,16). The molecule has 114 valence electrons. The molecule has 0 radical (unpaired) electrons. The van der Waals surface area contributed by atoms with Crippen LogP contribution < -0.4 is 11.1 Å². The number of nitrogens with one attached hydrogen (secondary N) is 1. The van der Waals surface area contributed by atoms with Crippen molar-refractivity contribution >= 4 is 27.3 Å². The zero-order chi connectivity index (χ0) is 15.6. The van der Waals surface area contributed by atoms with Gasteiger partial charge in [-0.15, -0.1) is 0 Å². The largest absolute Gasteiger partial charge is 0.393 e. The molecule has 0 atom stereocenters. The van der Waals surface area contributed by atoms with Gasteiger partial charge in [-0.1, -0.05) is 0 Å². The molecule has 1 fully saturated rings. The number of carbonyl (C=O) groups is 1. The number of amides is 1. The fourth-order valence-corrected chi connectivity index (χ4v) is 3.46. The molecule has 10 heteroatoms.